The van der Waals surface area contributed by atoms with Crippen LogP contribution in [0, 0.1) is 17.8 Å². The van der Waals surface area contributed by atoms with Crippen LogP contribution in [0.25, 0.3) is 0 Å². The van der Waals surface area contributed by atoms with Crippen LogP contribution in [-0.2, 0) is 16.6 Å². The van der Waals surface area contributed by atoms with Crippen molar-refractivity contribution in [3.05, 3.63) is 53.6 Å². The molecule has 0 atom stereocenters. The van der Waals surface area contributed by atoms with Gasteiger partial charge in [-0.2, -0.15) is 0 Å². The molecule has 6 rings (SSSR count). The zero-order chi connectivity index (χ0) is 20.7. The van der Waals surface area contributed by atoms with E-state index in [1.807, 2.05) is 24.3 Å². The maximum Gasteiger partial charge on any atom is 0.303 e. The molecule has 0 unspecified atom stereocenters. The van der Waals surface area contributed by atoms with Crippen molar-refractivity contribution in [3.63, 3.8) is 0 Å². The van der Waals surface area contributed by atoms with Gasteiger partial charge in [-0.3, -0.25) is 4.79 Å². The summed E-state index contributed by atoms with van der Waals surface area (Å²) < 4.78 is 5.83. The number of hydrogen-bond acceptors (Lipinski definition) is 3. The third-order valence-electron chi connectivity index (χ3n) is 7.68. The van der Waals surface area contributed by atoms with Crippen molar-refractivity contribution >= 4 is 17.3 Å². The maximum absolute atomic E-state index is 10.8. The molecular weight excluding hydrogens is 374 g/mol. The zero-order valence-electron chi connectivity index (χ0n) is 17.7. The molecule has 4 saturated carbocycles. The fourth-order valence-electron chi connectivity index (χ4n) is 6.81. The summed E-state index contributed by atoms with van der Waals surface area (Å²) in [5, 5.41) is 12.4. The van der Waals surface area contributed by atoms with E-state index < -0.39 is 5.97 Å². The number of hydrogen-bond donors (Lipinski definition) is 2. The van der Waals surface area contributed by atoms with E-state index in [9.17, 15) is 4.79 Å². The molecule has 0 aliphatic heterocycles. The zero-order valence-corrected chi connectivity index (χ0v) is 17.7. The van der Waals surface area contributed by atoms with Crippen molar-refractivity contribution in [1.82, 2.24) is 0 Å². The Morgan fingerprint density at radius 1 is 1.00 bits per heavy atom. The average molecular weight is 406 g/mol. The van der Waals surface area contributed by atoms with E-state index in [0.717, 1.165) is 40.4 Å². The van der Waals surface area contributed by atoms with Crippen molar-refractivity contribution in [3.8, 4) is 5.75 Å². The summed E-state index contributed by atoms with van der Waals surface area (Å²) in [7, 11) is 1.79. The monoisotopic (exact) mass is 405 g/mol. The van der Waals surface area contributed by atoms with Gasteiger partial charge in [-0.05, 0) is 104 Å². The Morgan fingerprint density at radius 3 is 2.17 bits per heavy atom. The number of anilines is 2. The largest absolute Gasteiger partial charge is 0.496 e. The summed E-state index contributed by atoms with van der Waals surface area (Å²) in [6.45, 7) is 0. The minimum atomic E-state index is -0.757. The first-order chi connectivity index (χ1) is 14.5. The molecule has 4 bridgehead atoms. The van der Waals surface area contributed by atoms with Gasteiger partial charge in [0, 0.05) is 23.4 Å². The Labute approximate surface area is 178 Å². The number of carboxylic acid groups (broad SMARTS) is 1. The van der Waals surface area contributed by atoms with Gasteiger partial charge in [-0.1, -0.05) is 12.1 Å². The van der Waals surface area contributed by atoms with Gasteiger partial charge in [-0.15, -0.1) is 0 Å². The SMILES string of the molecule is COc1ccc(Nc2ccc(CCC(=O)O)cc2)cc1C12CC3CC(CC(C3)C1)C2. The summed E-state index contributed by atoms with van der Waals surface area (Å²) in [6, 6.07) is 14.6. The fourth-order valence-corrected chi connectivity index (χ4v) is 6.81. The van der Waals surface area contributed by atoms with Gasteiger partial charge in [0.15, 0.2) is 0 Å². The number of aliphatic carboxylic acids is 1. The lowest BCUT2D eigenvalue weighted by molar-refractivity contribution is -0.136. The van der Waals surface area contributed by atoms with E-state index in [-0.39, 0.29) is 6.42 Å². The summed E-state index contributed by atoms with van der Waals surface area (Å²) in [5.74, 6) is 2.97. The second-order valence-electron chi connectivity index (χ2n) is 9.83. The number of ether oxygens (including phenoxy) is 1. The van der Waals surface area contributed by atoms with Gasteiger partial charge >= 0.3 is 5.97 Å². The van der Waals surface area contributed by atoms with Crippen LogP contribution in [0.3, 0.4) is 0 Å². The third kappa shape index (κ3) is 3.68. The summed E-state index contributed by atoms with van der Waals surface area (Å²) in [5.41, 5.74) is 4.85. The third-order valence-corrected chi connectivity index (χ3v) is 7.68. The van der Waals surface area contributed by atoms with Gasteiger partial charge < -0.3 is 15.2 Å². The molecule has 2 N–H and O–H groups in total. The Kier molecular flexibility index (Phi) is 4.96. The highest BCUT2D eigenvalue weighted by atomic mass is 16.5. The minimum Gasteiger partial charge on any atom is -0.496 e. The first-order valence-electron chi connectivity index (χ1n) is 11.3. The molecule has 4 heteroatoms. The van der Waals surface area contributed by atoms with Crippen LogP contribution in [0.15, 0.2) is 42.5 Å². The number of benzene rings is 2. The first-order valence-corrected chi connectivity index (χ1v) is 11.3. The van der Waals surface area contributed by atoms with E-state index >= 15 is 0 Å². The van der Waals surface area contributed by atoms with E-state index in [2.05, 4.69) is 23.5 Å². The molecule has 0 aromatic heterocycles. The highest BCUT2D eigenvalue weighted by molar-refractivity contribution is 5.67. The quantitative estimate of drug-likeness (QED) is 0.600. The molecule has 0 spiro atoms. The van der Waals surface area contributed by atoms with Crippen molar-refractivity contribution in [2.75, 3.05) is 12.4 Å². The molecule has 2 aromatic carbocycles. The minimum absolute atomic E-state index is 0.166. The molecule has 0 amide bonds. The molecule has 0 radical (unpaired) electrons. The molecule has 0 heterocycles. The van der Waals surface area contributed by atoms with Crippen LogP contribution in [-0.4, -0.2) is 18.2 Å². The predicted octanol–water partition coefficient (Wildman–Crippen LogP) is 5.92. The fraction of sp³-hybridized carbons (Fsp3) is 0.500. The molecule has 2 aromatic rings. The standard InChI is InChI=1S/C26H31NO3/c1-30-24-8-7-22(27-21-5-2-17(3-6-21)4-9-25(28)29)13-23(24)26-14-18-10-19(15-26)12-20(11-18)16-26/h2-3,5-8,13,18-20,27H,4,9-12,14-16H2,1H3,(H,28,29). The predicted molar refractivity (Wildman–Crippen MR) is 119 cm³/mol. The average Bonchev–Trinajstić information content (AvgIpc) is 2.72. The van der Waals surface area contributed by atoms with Gasteiger partial charge in [0.05, 0.1) is 7.11 Å². The lowest BCUT2D eigenvalue weighted by Crippen LogP contribution is -2.48. The molecule has 30 heavy (non-hydrogen) atoms. The lowest BCUT2D eigenvalue weighted by Gasteiger charge is -2.57. The van der Waals surface area contributed by atoms with E-state index in [1.54, 1.807) is 7.11 Å². The van der Waals surface area contributed by atoms with Gasteiger partial charge in [-0.25, -0.2) is 0 Å². The number of methoxy groups -OCH3 is 1. The Morgan fingerprint density at radius 2 is 1.60 bits per heavy atom. The number of aryl methyl sites for hydroxylation is 1. The topological polar surface area (TPSA) is 58.6 Å². The second-order valence-corrected chi connectivity index (χ2v) is 9.83. The van der Waals surface area contributed by atoms with Crippen LogP contribution in [0.2, 0.25) is 0 Å². The lowest BCUT2D eigenvalue weighted by atomic mass is 9.48. The van der Waals surface area contributed by atoms with Crippen LogP contribution in [0.5, 0.6) is 5.75 Å². The smallest absolute Gasteiger partial charge is 0.303 e. The molecule has 4 nitrogen and oxygen atoms in total. The van der Waals surface area contributed by atoms with E-state index in [4.69, 9.17) is 9.84 Å². The first kappa shape index (κ1) is 19.5. The molecule has 4 fully saturated rings. The van der Waals surface area contributed by atoms with Gasteiger partial charge in [0.25, 0.3) is 0 Å². The van der Waals surface area contributed by atoms with Crippen molar-refractivity contribution in [1.29, 1.82) is 0 Å². The molecule has 4 aliphatic carbocycles. The number of carbonyl (C=O) groups is 1. The summed E-state index contributed by atoms with van der Waals surface area (Å²) in [4.78, 5) is 10.8. The summed E-state index contributed by atoms with van der Waals surface area (Å²) in [6.07, 6.45) is 8.99. The Bertz CT molecular complexity index is 899. The maximum atomic E-state index is 10.8. The van der Waals surface area contributed by atoms with Crippen LogP contribution in [0.4, 0.5) is 11.4 Å². The van der Waals surface area contributed by atoms with Crippen LogP contribution < -0.4 is 10.1 Å². The Balaban J connectivity index is 1.38. The highest BCUT2D eigenvalue weighted by Gasteiger charge is 2.52. The molecule has 158 valence electrons. The number of nitrogens with one attached hydrogen (secondary N) is 1. The van der Waals surface area contributed by atoms with Crippen molar-refractivity contribution < 1.29 is 14.6 Å². The molecule has 4 aliphatic rings. The highest BCUT2D eigenvalue weighted by Crippen LogP contribution is 2.62. The second kappa shape index (κ2) is 7.64. The summed E-state index contributed by atoms with van der Waals surface area (Å²) >= 11 is 0. The number of carboxylic acids is 1. The molecule has 0 saturated heterocycles. The van der Waals surface area contributed by atoms with Crippen molar-refractivity contribution in [2.45, 2.75) is 56.8 Å². The van der Waals surface area contributed by atoms with Crippen LogP contribution >= 0.6 is 0 Å². The van der Waals surface area contributed by atoms with Crippen LogP contribution in [0.1, 0.15) is 56.1 Å². The van der Waals surface area contributed by atoms with E-state index in [0.29, 0.717) is 11.8 Å². The molecular formula is C26H31NO3. The van der Waals surface area contributed by atoms with Crippen molar-refractivity contribution in [2.24, 2.45) is 17.8 Å². The van der Waals surface area contributed by atoms with E-state index in [1.165, 1.54) is 44.1 Å². The Hall–Kier alpha value is -2.49. The van der Waals surface area contributed by atoms with Gasteiger partial charge in [0.2, 0.25) is 0 Å². The van der Waals surface area contributed by atoms with Gasteiger partial charge in [0.1, 0.15) is 5.75 Å². The normalized spacial score (nSPS) is 29.0. The number of rotatable bonds is 7.